The normalized spacial score (nSPS) is 12.2. The number of phenols is 1. The van der Waals surface area contributed by atoms with Gasteiger partial charge in [0.25, 0.3) is 0 Å². The summed E-state index contributed by atoms with van der Waals surface area (Å²) < 4.78 is 15.6. The number of hydrogen-bond acceptors (Lipinski definition) is 5. The van der Waals surface area contributed by atoms with Crippen LogP contribution >= 0.6 is 0 Å². The molecular weight excluding hydrogens is 258 g/mol. The molecule has 1 aliphatic rings. The number of fused-ring (bicyclic) bond motifs is 1. The summed E-state index contributed by atoms with van der Waals surface area (Å²) in [4.78, 5) is 0. The molecule has 104 valence electrons. The van der Waals surface area contributed by atoms with Gasteiger partial charge in [0.1, 0.15) is 0 Å². The summed E-state index contributed by atoms with van der Waals surface area (Å²) >= 11 is 0. The standard InChI is InChI=1S/C15H15NO4/c1-18-13-4-2-10(6-12(13)17)8-16-11-3-5-14-15(7-11)20-9-19-14/h2-7,16-17H,8-9H2,1H3. The van der Waals surface area contributed by atoms with Crippen molar-refractivity contribution in [2.24, 2.45) is 0 Å². The number of anilines is 1. The van der Waals surface area contributed by atoms with Crippen LogP contribution in [-0.4, -0.2) is 19.0 Å². The molecule has 0 atom stereocenters. The third-order valence-corrected chi connectivity index (χ3v) is 3.11. The average molecular weight is 273 g/mol. The lowest BCUT2D eigenvalue weighted by Gasteiger charge is -2.09. The number of benzene rings is 2. The lowest BCUT2D eigenvalue weighted by Crippen LogP contribution is -1.99. The molecule has 20 heavy (non-hydrogen) atoms. The molecule has 5 nitrogen and oxygen atoms in total. The molecule has 0 aliphatic carbocycles. The van der Waals surface area contributed by atoms with E-state index in [0.717, 1.165) is 22.7 Å². The van der Waals surface area contributed by atoms with Crippen LogP contribution in [-0.2, 0) is 6.54 Å². The molecule has 0 radical (unpaired) electrons. The summed E-state index contributed by atoms with van der Waals surface area (Å²) in [5.41, 5.74) is 1.89. The Balaban J connectivity index is 1.69. The summed E-state index contributed by atoms with van der Waals surface area (Å²) in [7, 11) is 1.53. The Morgan fingerprint density at radius 1 is 1.15 bits per heavy atom. The van der Waals surface area contributed by atoms with Gasteiger partial charge in [-0.3, -0.25) is 0 Å². The number of hydrogen-bond donors (Lipinski definition) is 2. The molecule has 0 bridgehead atoms. The molecule has 0 aromatic heterocycles. The molecule has 1 heterocycles. The molecule has 0 fully saturated rings. The van der Waals surface area contributed by atoms with Crippen LogP contribution in [0.2, 0.25) is 0 Å². The summed E-state index contributed by atoms with van der Waals surface area (Å²) in [5, 5.41) is 13.0. The molecule has 2 N–H and O–H groups in total. The number of ether oxygens (including phenoxy) is 3. The van der Waals surface area contributed by atoms with Crippen molar-refractivity contribution in [2.75, 3.05) is 19.2 Å². The fraction of sp³-hybridized carbons (Fsp3) is 0.200. The van der Waals surface area contributed by atoms with E-state index >= 15 is 0 Å². The van der Waals surface area contributed by atoms with E-state index in [1.165, 1.54) is 7.11 Å². The molecule has 0 amide bonds. The molecule has 2 aromatic rings. The number of aromatic hydroxyl groups is 1. The SMILES string of the molecule is COc1ccc(CNc2ccc3c(c2)OCO3)cc1O. The predicted octanol–water partition coefficient (Wildman–Crippen LogP) is 2.74. The van der Waals surface area contributed by atoms with Crippen LogP contribution in [0.4, 0.5) is 5.69 Å². The van der Waals surface area contributed by atoms with Gasteiger partial charge in [0.05, 0.1) is 7.11 Å². The molecule has 0 spiro atoms. The second-order valence-corrected chi connectivity index (χ2v) is 4.43. The minimum atomic E-state index is 0.137. The molecule has 0 saturated heterocycles. The van der Waals surface area contributed by atoms with Crippen LogP contribution in [0, 0.1) is 0 Å². The highest BCUT2D eigenvalue weighted by Crippen LogP contribution is 2.34. The van der Waals surface area contributed by atoms with E-state index in [-0.39, 0.29) is 12.5 Å². The van der Waals surface area contributed by atoms with Crippen molar-refractivity contribution in [2.45, 2.75) is 6.54 Å². The predicted molar refractivity (Wildman–Crippen MR) is 74.6 cm³/mol. The number of nitrogens with one attached hydrogen (secondary N) is 1. The number of methoxy groups -OCH3 is 1. The Bertz CT molecular complexity index is 627. The van der Waals surface area contributed by atoms with Gasteiger partial charge in [-0.15, -0.1) is 0 Å². The minimum Gasteiger partial charge on any atom is -0.504 e. The smallest absolute Gasteiger partial charge is 0.231 e. The summed E-state index contributed by atoms with van der Waals surface area (Å²) in [6.07, 6.45) is 0. The summed E-state index contributed by atoms with van der Waals surface area (Å²) in [5.74, 6) is 2.11. The van der Waals surface area contributed by atoms with Gasteiger partial charge in [-0.05, 0) is 29.8 Å². The van der Waals surface area contributed by atoms with Gasteiger partial charge in [-0.25, -0.2) is 0 Å². The third-order valence-electron chi connectivity index (χ3n) is 3.11. The molecular formula is C15H15NO4. The second-order valence-electron chi connectivity index (χ2n) is 4.43. The van der Waals surface area contributed by atoms with Gasteiger partial charge in [-0.2, -0.15) is 0 Å². The zero-order valence-electron chi connectivity index (χ0n) is 11.1. The van der Waals surface area contributed by atoms with Crippen molar-refractivity contribution >= 4 is 5.69 Å². The van der Waals surface area contributed by atoms with Gasteiger partial charge < -0.3 is 24.6 Å². The molecule has 0 saturated carbocycles. The van der Waals surface area contributed by atoms with E-state index in [1.807, 2.05) is 24.3 Å². The number of rotatable bonds is 4. The van der Waals surface area contributed by atoms with Crippen molar-refractivity contribution in [1.29, 1.82) is 0 Å². The van der Waals surface area contributed by atoms with Crippen molar-refractivity contribution in [1.82, 2.24) is 0 Å². The van der Waals surface area contributed by atoms with Crippen molar-refractivity contribution in [3.63, 3.8) is 0 Å². The first kappa shape index (κ1) is 12.5. The van der Waals surface area contributed by atoms with Crippen LogP contribution < -0.4 is 19.5 Å². The maximum atomic E-state index is 9.73. The fourth-order valence-electron chi connectivity index (χ4n) is 2.06. The van der Waals surface area contributed by atoms with Gasteiger partial charge >= 0.3 is 0 Å². The fourth-order valence-corrected chi connectivity index (χ4v) is 2.06. The highest BCUT2D eigenvalue weighted by atomic mass is 16.7. The van der Waals surface area contributed by atoms with Crippen LogP contribution in [0.15, 0.2) is 36.4 Å². The van der Waals surface area contributed by atoms with Crippen molar-refractivity contribution < 1.29 is 19.3 Å². The maximum absolute atomic E-state index is 9.73. The molecule has 1 aliphatic heterocycles. The second kappa shape index (κ2) is 5.21. The van der Waals surface area contributed by atoms with E-state index in [9.17, 15) is 5.11 Å². The van der Waals surface area contributed by atoms with Crippen LogP contribution in [0.3, 0.4) is 0 Å². The Morgan fingerprint density at radius 3 is 2.80 bits per heavy atom. The monoisotopic (exact) mass is 273 g/mol. The van der Waals surface area contributed by atoms with Gasteiger partial charge in [0.2, 0.25) is 6.79 Å². The van der Waals surface area contributed by atoms with Crippen molar-refractivity contribution in [3.8, 4) is 23.0 Å². The van der Waals surface area contributed by atoms with Gasteiger partial charge in [-0.1, -0.05) is 6.07 Å². The van der Waals surface area contributed by atoms with Crippen LogP contribution in [0.5, 0.6) is 23.0 Å². The van der Waals surface area contributed by atoms with Crippen LogP contribution in [0.25, 0.3) is 0 Å². The van der Waals surface area contributed by atoms with Crippen molar-refractivity contribution in [3.05, 3.63) is 42.0 Å². The summed E-state index contributed by atoms with van der Waals surface area (Å²) in [6, 6.07) is 11.0. The Morgan fingerprint density at radius 2 is 2.00 bits per heavy atom. The highest BCUT2D eigenvalue weighted by molar-refractivity contribution is 5.56. The van der Waals surface area contributed by atoms with E-state index in [4.69, 9.17) is 14.2 Å². The lowest BCUT2D eigenvalue weighted by atomic mass is 10.2. The average Bonchev–Trinajstić information content (AvgIpc) is 2.92. The van der Waals surface area contributed by atoms with Crippen LogP contribution in [0.1, 0.15) is 5.56 Å². The van der Waals surface area contributed by atoms with E-state index in [0.29, 0.717) is 12.3 Å². The Kier molecular flexibility index (Phi) is 3.25. The lowest BCUT2D eigenvalue weighted by molar-refractivity contribution is 0.174. The quantitative estimate of drug-likeness (QED) is 0.897. The zero-order valence-corrected chi connectivity index (χ0v) is 11.1. The Labute approximate surface area is 116 Å². The molecule has 5 heteroatoms. The first-order valence-electron chi connectivity index (χ1n) is 6.25. The number of phenolic OH excluding ortho intramolecular Hbond substituents is 1. The van der Waals surface area contributed by atoms with E-state index in [2.05, 4.69) is 5.32 Å². The third kappa shape index (κ3) is 2.42. The summed E-state index contributed by atoms with van der Waals surface area (Å²) in [6.45, 7) is 0.863. The molecule has 0 unspecified atom stereocenters. The van der Waals surface area contributed by atoms with Gasteiger partial charge in [0.15, 0.2) is 23.0 Å². The zero-order chi connectivity index (χ0) is 13.9. The molecule has 2 aromatic carbocycles. The maximum Gasteiger partial charge on any atom is 0.231 e. The Hall–Kier alpha value is -2.56. The minimum absolute atomic E-state index is 0.137. The van der Waals surface area contributed by atoms with E-state index in [1.54, 1.807) is 12.1 Å². The first-order chi connectivity index (χ1) is 9.76. The topological polar surface area (TPSA) is 60.0 Å². The van der Waals surface area contributed by atoms with E-state index < -0.39 is 0 Å². The molecule has 3 rings (SSSR count). The highest BCUT2D eigenvalue weighted by Gasteiger charge is 2.13. The largest absolute Gasteiger partial charge is 0.504 e. The first-order valence-corrected chi connectivity index (χ1v) is 6.25. The van der Waals surface area contributed by atoms with Gasteiger partial charge in [0, 0.05) is 18.3 Å².